The van der Waals surface area contributed by atoms with Crippen molar-refractivity contribution in [1.29, 1.82) is 0 Å². The van der Waals surface area contributed by atoms with Crippen molar-refractivity contribution in [3.63, 3.8) is 0 Å². The average molecular weight is 522 g/mol. The second-order valence-electron chi connectivity index (χ2n) is 7.63. The van der Waals surface area contributed by atoms with Crippen LogP contribution in [0.3, 0.4) is 0 Å². The Balaban J connectivity index is 0.00000320. The van der Waals surface area contributed by atoms with E-state index in [1.54, 1.807) is 0 Å². The van der Waals surface area contributed by atoms with Gasteiger partial charge in [0, 0.05) is 44.9 Å². The molecule has 6 heteroatoms. The third-order valence-corrected chi connectivity index (χ3v) is 5.35. The Morgan fingerprint density at radius 3 is 2.53 bits per heavy atom. The summed E-state index contributed by atoms with van der Waals surface area (Å²) in [5.74, 6) is 1.31. The van der Waals surface area contributed by atoms with Crippen LogP contribution in [0.5, 0.6) is 0 Å². The van der Waals surface area contributed by atoms with Crippen LogP contribution in [0.25, 0.3) is 0 Å². The lowest BCUT2D eigenvalue weighted by Crippen LogP contribution is -2.42. The molecule has 2 atom stereocenters. The molecule has 2 aromatic carbocycles. The van der Waals surface area contributed by atoms with Crippen molar-refractivity contribution in [2.24, 2.45) is 10.9 Å². The van der Waals surface area contributed by atoms with Crippen LogP contribution in [-0.2, 0) is 4.74 Å². The third kappa shape index (κ3) is 7.80. The van der Waals surface area contributed by atoms with Gasteiger partial charge in [-0.2, -0.15) is 0 Å². The molecule has 1 fully saturated rings. The van der Waals surface area contributed by atoms with Gasteiger partial charge in [-0.1, -0.05) is 48.0 Å². The van der Waals surface area contributed by atoms with Gasteiger partial charge in [-0.25, -0.2) is 0 Å². The predicted molar refractivity (Wildman–Crippen MR) is 137 cm³/mol. The number of ether oxygens (including phenoxy) is 1. The highest BCUT2D eigenvalue weighted by molar-refractivity contribution is 14.0. The Morgan fingerprint density at radius 1 is 1.03 bits per heavy atom. The molecule has 0 aromatic heterocycles. The van der Waals surface area contributed by atoms with Crippen molar-refractivity contribution in [1.82, 2.24) is 10.6 Å². The van der Waals surface area contributed by atoms with E-state index in [4.69, 9.17) is 4.74 Å². The molecule has 1 aliphatic rings. The number of hydrogen-bond donors (Lipinski definition) is 3. The van der Waals surface area contributed by atoms with Gasteiger partial charge in [-0.05, 0) is 43.9 Å². The fourth-order valence-corrected chi connectivity index (χ4v) is 3.71. The van der Waals surface area contributed by atoms with E-state index in [0.29, 0.717) is 5.92 Å². The molecule has 3 N–H and O–H groups in total. The highest BCUT2D eigenvalue weighted by atomic mass is 127. The number of halogens is 1. The summed E-state index contributed by atoms with van der Waals surface area (Å²) in [5.41, 5.74) is 3.72. The fraction of sp³-hybridized carbons (Fsp3) is 0.458. The van der Waals surface area contributed by atoms with Crippen molar-refractivity contribution >= 4 is 35.6 Å². The molecular formula is C24H35IN4O. The number of para-hydroxylation sites is 1. The zero-order valence-corrected chi connectivity index (χ0v) is 20.4. The summed E-state index contributed by atoms with van der Waals surface area (Å²) >= 11 is 0. The van der Waals surface area contributed by atoms with Gasteiger partial charge in [-0.15, -0.1) is 24.0 Å². The first kappa shape index (κ1) is 24.5. The van der Waals surface area contributed by atoms with E-state index in [1.807, 2.05) is 25.2 Å². The second kappa shape index (κ2) is 13.5. The van der Waals surface area contributed by atoms with Gasteiger partial charge < -0.3 is 20.7 Å². The molecule has 0 amide bonds. The van der Waals surface area contributed by atoms with Crippen LogP contribution in [0.4, 0.5) is 5.69 Å². The molecule has 30 heavy (non-hydrogen) atoms. The standard InChI is InChI=1S/C24H34N4O.HI/c1-19-11-13-20(14-12-19)23-21(8-6-17-29-23)18-28-24(25-2)27-16-7-15-26-22-9-4-3-5-10-22;/h3-5,9-14,21,23,26H,6-8,15-18H2,1-2H3,(H2,25,27,28);1H. The van der Waals surface area contributed by atoms with E-state index < -0.39 is 0 Å². The lowest BCUT2D eigenvalue weighted by Gasteiger charge is -2.32. The Hall–Kier alpha value is -1.80. The van der Waals surface area contributed by atoms with Crippen LogP contribution in [0.2, 0.25) is 0 Å². The first-order valence-electron chi connectivity index (χ1n) is 10.7. The van der Waals surface area contributed by atoms with Crippen molar-refractivity contribution in [2.45, 2.75) is 32.3 Å². The number of hydrogen-bond acceptors (Lipinski definition) is 3. The molecule has 0 aliphatic carbocycles. The van der Waals surface area contributed by atoms with Gasteiger partial charge in [0.05, 0.1) is 6.10 Å². The van der Waals surface area contributed by atoms with Crippen molar-refractivity contribution in [2.75, 3.05) is 38.6 Å². The summed E-state index contributed by atoms with van der Waals surface area (Å²) < 4.78 is 6.13. The van der Waals surface area contributed by atoms with E-state index in [9.17, 15) is 0 Å². The summed E-state index contributed by atoms with van der Waals surface area (Å²) in [6.07, 6.45) is 3.47. The van der Waals surface area contributed by atoms with Crippen LogP contribution >= 0.6 is 24.0 Å². The summed E-state index contributed by atoms with van der Waals surface area (Å²) in [4.78, 5) is 4.37. The lowest BCUT2D eigenvalue weighted by atomic mass is 9.89. The lowest BCUT2D eigenvalue weighted by molar-refractivity contribution is -0.0265. The van der Waals surface area contributed by atoms with Crippen LogP contribution in [0, 0.1) is 12.8 Å². The van der Waals surface area contributed by atoms with Crippen molar-refractivity contribution in [3.8, 4) is 0 Å². The van der Waals surface area contributed by atoms with E-state index in [2.05, 4.69) is 64.3 Å². The summed E-state index contributed by atoms with van der Waals surface area (Å²) in [6.45, 7) is 5.63. The van der Waals surface area contributed by atoms with E-state index in [1.165, 1.54) is 17.5 Å². The maximum absolute atomic E-state index is 6.13. The Kier molecular flexibility index (Phi) is 11.0. The molecule has 0 radical (unpaired) electrons. The minimum absolute atomic E-state index is 0. The molecule has 1 saturated heterocycles. The van der Waals surface area contributed by atoms with Crippen molar-refractivity contribution in [3.05, 3.63) is 65.7 Å². The van der Waals surface area contributed by atoms with Crippen LogP contribution in [-0.4, -0.2) is 39.2 Å². The molecule has 0 saturated carbocycles. The van der Waals surface area contributed by atoms with Crippen molar-refractivity contribution < 1.29 is 4.74 Å². The van der Waals surface area contributed by atoms with E-state index in [-0.39, 0.29) is 30.1 Å². The van der Waals surface area contributed by atoms with Gasteiger partial charge in [0.2, 0.25) is 0 Å². The topological polar surface area (TPSA) is 57.7 Å². The van der Waals surface area contributed by atoms with E-state index in [0.717, 1.165) is 50.7 Å². The molecule has 0 spiro atoms. The van der Waals surface area contributed by atoms with Crippen LogP contribution in [0.1, 0.15) is 36.5 Å². The molecule has 3 rings (SSSR count). The summed E-state index contributed by atoms with van der Waals surface area (Å²) in [6, 6.07) is 19.0. The first-order valence-corrected chi connectivity index (χ1v) is 10.7. The van der Waals surface area contributed by atoms with Gasteiger partial charge in [0.25, 0.3) is 0 Å². The largest absolute Gasteiger partial charge is 0.385 e. The first-order chi connectivity index (χ1) is 14.3. The smallest absolute Gasteiger partial charge is 0.190 e. The second-order valence-corrected chi connectivity index (χ2v) is 7.63. The monoisotopic (exact) mass is 522 g/mol. The molecule has 0 bridgehead atoms. The maximum Gasteiger partial charge on any atom is 0.190 e. The minimum atomic E-state index is 0. The average Bonchev–Trinajstić information content (AvgIpc) is 2.77. The molecule has 1 heterocycles. The maximum atomic E-state index is 6.13. The summed E-state index contributed by atoms with van der Waals surface area (Å²) in [7, 11) is 1.83. The number of benzene rings is 2. The number of nitrogens with one attached hydrogen (secondary N) is 3. The van der Waals surface area contributed by atoms with Gasteiger partial charge in [-0.3, -0.25) is 4.99 Å². The predicted octanol–water partition coefficient (Wildman–Crippen LogP) is 4.75. The molecule has 2 aromatic rings. The number of rotatable bonds is 8. The number of aryl methyl sites for hydroxylation is 1. The summed E-state index contributed by atoms with van der Waals surface area (Å²) in [5, 5.41) is 10.3. The number of nitrogens with zero attached hydrogens (tertiary/aromatic N) is 1. The Labute approximate surface area is 198 Å². The van der Waals surface area contributed by atoms with Gasteiger partial charge >= 0.3 is 0 Å². The Bertz CT molecular complexity index is 752. The van der Waals surface area contributed by atoms with Gasteiger partial charge in [0.15, 0.2) is 5.96 Å². The van der Waals surface area contributed by atoms with E-state index >= 15 is 0 Å². The zero-order chi connectivity index (χ0) is 20.3. The SMILES string of the molecule is CN=C(NCCCNc1ccccc1)NCC1CCCOC1c1ccc(C)cc1.I. The zero-order valence-electron chi connectivity index (χ0n) is 18.1. The Morgan fingerprint density at radius 2 is 1.80 bits per heavy atom. The number of anilines is 1. The third-order valence-electron chi connectivity index (χ3n) is 5.35. The fourth-order valence-electron chi connectivity index (χ4n) is 3.71. The highest BCUT2D eigenvalue weighted by Gasteiger charge is 2.27. The molecule has 1 aliphatic heterocycles. The quantitative estimate of drug-likeness (QED) is 0.203. The molecular weight excluding hydrogens is 487 g/mol. The van der Waals surface area contributed by atoms with Crippen LogP contribution < -0.4 is 16.0 Å². The molecule has 5 nitrogen and oxygen atoms in total. The molecule has 164 valence electrons. The highest BCUT2D eigenvalue weighted by Crippen LogP contribution is 2.33. The minimum Gasteiger partial charge on any atom is -0.385 e. The van der Waals surface area contributed by atoms with Gasteiger partial charge in [0.1, 0.15) is 0 Å². The molecule has 2 unspecified atom stereocenters. The normalized spacial score (nSPS) is 18.9. The number of guanidine groups is 1. The van der Waals surface area contributed by atoms with Crippen LogP contribution in [0.15, 0.2) is 59.6 Å². The number of aliphatic imine (C=N–C) groups is 1.